The third kappa shape index (κ3) is 20.3. The summed E-state index contributed by atoms with van der Waals surface area (Å²) in [4.78, 5) is 23.9. The van der Waals surface area contributed by atoms with E-state index in [-0.39, 0.29) is 65.5 Å². The molecule has 0 heterocycles. The van der Waals surface area contributed by atoms with Gasteiger partial charge in [0, 0.05) is 20.1 Å². The summed E-state index contributed by atoms with van der Waals surface area (Å²) in [6.45, 7) is 26.7. The van der Waals surface area contributed by atoms with Gasteiger partial charge in [-0.15, -0.1) is 0 Å². The lowest BCUT2D eigenvalue weighted by Crippen LogP contribution is -2.39. The van der Waals surface area contributed by atoms with Crippen LogP contribution in [0.3, 0.4) is 0 Å². The second kappa shape index (κ2) is 16.0. The molecule has 0 radical (unpaired) electrons. The first-order valence-electron chi connectivity index (χ1n) is 14.3. The Balaban J connectivity index is 0. The summed E-state index contributed by atoms with van der Waals surface area (Å²) in [7, 11) is -4.93. The van der Waals surface area contributed by atoms with Crippen LogP contribution in [0.1, 0.15) is 110 Å². The highest BCUT2D eigenvalue weighted by molar-refractivity contribution is 7.89. The molecule has 0 bridgehead atoms. The van der Waals surface area contributed by atoms with Crippen LogP contribution in [0.4, 0.5) is 0 Å². The molecule has 1 N–H and O–H groups in total. The second-order valence-corrected chi connectivity index (χ2v) is 19.1. The fraction of sp³-hybridized carbons (Fsp3) is 0.931. The Morgan fingerprint density at radius 1 is 0.683 bits per heavy atom. The van der Waals surface area contributed by atoms with Crippen molar-refractivity contribution in [2.24, 2.45) is 22.7 Å². The molecule has 0 rings (SSSR count). The van der Waals surface area contributed by atoms with Crippen molar-refractivity contribution in [3.63, 3.8) is 0 Å². The summed E-state index contributed by atoms with van der Waals surface area (Å²) in [5.41, 5.74) is -1.43. The monoisotopic (exact) mass is 628 g/mol. The van der Waals surface area contributed by atoms with E-state index in [1.54, 1.807) is 20.9 Å². The topological polar surface area (TPSA) is 136 Å². The predicted octanol–water partition coefficient (Wildman–Crippen LogP) is 4.98. The molecule has 0 fully saturated rings. The Hall–Kier alpha value is -1.24. The lowest BCUT2D eigenvalue weighted by molar-refractivity contribution is -0.158. The van der Waals surface area contributed by atoms with Crippen LogP contribution in [-0.2, 0) is 39.1 Å². The van der Waals surface area contributed by atoms with Gasteiger partial charge in [-0.2, -0.15) is 0 Å². The van der Waals surface area contributed by atoms with Crippen LogP contribution in [0.15, 0.2) is 0 Å². The number of rotatable bonds is 12. The maximum Gasteiger partial charge on any atom is 0.306 e. The van der Waals surface area contributed by atoms with Gasteiger partial charge in [0.25, 0.3) is 0 Å². The quantitative estimate of drug-likeness (QED) is 0.299. The molecule has 0 saturated heterocycles. The number of nitrogens with zero attached hydrogens (tertiary/aromatic N) is 1. The van der Waals surface area contributed by atoms with E-state index in [9.17, 15) is 26.4 Å². The van der Waals surface area contributed by atoms with Crippen molar-refractivity contribution < 1.29 is 35.9 Å². The number of hydrogen-bond acceptors (Lipinski definition) is 8. The molecule has 0 spiro atoms. The van der Waals surface area contributed by atoms with Crippen LogP contribution >= 0.6 is 0 Å². The zero-order chi connectivity index (χ0) is 33.3. The van der Waals surface area contributed by atoms with Crippen molar-refractivity contribution in [3.05, 3.63) is 0 Å². The molecule has 41 heavy (non-hydrogen) atoms. The first kappa shape index (κ1) is 41.9. The molecular formula is C29H60N2O8S2. The molecule has 0 aliphatic rings. The molecule has 0 aromatic rings. The average molecular weight is 629 g/mol. The highest BCUT2D eigenvalue weighted by Crippen LogP contribution is 2.31. The van der Waals surface area contributed by atoms with Gasteiger partial charge in [0.05, 0.1) is 24.3 Å². The smallest absolute Gasteiger partial charge is 0.306 e. The van der Waals surface area contributed by atoms with Crippen LogP contribution in [0.5, 0.6) is 0 Å². The van der Waals surface area contributed by atoms with Gasteiger partial charge < -0.3 is 9.47 Å². The van der Waals surface area contributed by atoms with Crippen molar-refractivity contribution in [3.8, 4) is 0 Å². The molecule has 0 amide bonds. The minimum Gasteiger partial charge on any atom is -0.460 e. The number of carbonyl (C=O) groups is 2. The van der Waals surface area contributed by atoms with E-state index in [0.717, 1.165) is 0 Å². The lowest BCUT2D eigenvalue weighted by Gasteiger charge is -2.33. The Morgan fingerprint density at radius 2 is 1.05 bits per heavy atom. The molecule has 0 aliphatic heterocycles. The zero-order valence-electron chi connectivity index (χ0n) is 28.4. The largest absolute Gasteiger partial charge is 0.460 e. The van der Waals surface area contributed by atoms with Crippen molar-refractivity contribution in [2.75, 3.05) is 31.6 Å². The SMILES string of the molecule is CCS(=O)(=O)N(C)C[C@@H](CC(=O)OC(C)(C)C)C(C)(C)C.CCS(=O)(=O)NC[C@@H](CC(=O)OC(C)(C)C)C(C)(C)C. The summed E-state index contributed by atoms with van der Waals surface area (Å²) in [5.74, 6) is -0.696. The van der Waals surface area contributed by atoms with Gasteiger partial charge >= 0.3 is 11.9 Å². The summed E-state index contributed by atoms with van der Waals surface area (Å²) in [5, 5.41) is 0. The highest BCUT2D eigenvalue weighted by Gasteiger charge is 2.33. The summed E-state index contributed by atoms with van der Waals surface area (Å²) in [6, 6.07) is 0. The number of nitrogens with one attached hydrogen (secondary N) is 1. The van der Waals surface area contributed by atoms with E-state index in [0.29, 0.717) is 6.54 Å². The number of carbonyl (C=O) groups excluding carboxylic acids is 2. The van der Waals surface area contributed by atoms with E-state index in [4.69, 9.17) is 9.47 Å². The van der Waals surface area contributed by atoms with Gasteiger partial charge in [-0.25, -0.2) is 25.9 Å². The molecule has 0 saturated carbocycles. The Labute approximate surface area is 251 Å². The summed E-state index contributed by atoms with van der Waals surface area (Å²) in [6.07, 6.45) is 0.414. The molecular weight excluding hydrogens is 568 g/mol. The van der Waals surface area contributed by atoms with Crippen molar-refractivity contribution in [1.29, 1.82) is 0 Å². The first-order valence-corrected chi connectivity index (χ1v) is 17.6. The molecule has 0 aromatic heterocycles. The zero-order valence-corrected chi connectivity index (χ0v) is 30.1. The third-order valence-electron chi connectivity index (χ3n) is 6.36. The second-order valence-electron chi connectivity index (χ2n) is 14.6. The molecule has 10 nitrogen and oxygen atoms in total. The van der Waals surface area contributed by atoms with Crippen LogP contribution in [-0.4, -0.2) is 75.9 Å². The Bertz CT molecular complexity index is 1030. The van der Waals surface area contributed by atoms with Gasteiger partial charge in [0.1, 0.15) is 11.2 Å². The van der Waals surface area contributed by atoms with Gasteiger partial charge in [0.15, 0.2) is 0 Å². The third-order valence-corrected chi connectivity index (χ3v) is 9.56. The Kier molecular flexibility index (Phi) is 16.4. The summed E-state index contributed by atoms with van der Waals surface area (Å²) < 4.78 is 61.4. The molecule has 0 aliphatic carbocycles. The minimum atomic E-state index is -3.25. The fourth-order valence-corrected chi connectivity index (χ4v) is 4.98. The maximum atomic E-state index is 12.0. The molecule has 246 valence electrons. The summed E-state index contributed by atoms with van der Waals surface area (Å²) >= 11 is 0. The molecule has 12 heteroatoms. The van der Waals surface area contributed by atoms with Crippen LogP contribution in [0, 0.1) is 22.7 Å². The van der Waals surface area contributed by atoms with Crippen molar-refractivity contribution in [2.45, 2.75) is 121 Å². The fourth-order valence-electron chi connectivity index (χ4n) is 3.47. The Morgan fingerprint density at radius 3 is 1.34 bits per heavy atom. The standard InChI is InChI=1S/C15H31NO4S.C14H29NO4S/c1-9-21(18,19)16(8)11-12(14(2,3)4)10-13(17)20-15(5,6)7;1-8-20(17,18)15-10-11(13(2,3)4)9-12(16)19-14(5,6)7/h12H,9-11H2,1-8H3;11,15H,8-10H2,1-7H3/t12-;11-/m11/s1. The molecule has 0 aromatic carbocycles. The average Bonchev–Trinajstić information content (AvgIpc) is 2.72. The van der Waals surface area contributed by atoms with E-state index >= 15 is 0 Å². The molecule has 2 atom stereocenters. The normalized spacial score (nSPS) is 15.0. The van der Waals surface area contributed by atoms with Crippen LogP contribution in [0.2, 0.25) is 0 Å². The van der Waals surface area contributed by atoms with Gasteiger partial charge in [-0.05, 0) is 78.1 Å². The van der Waals surface area contributed by atoms with E-state index in [2.05, 4.69) is 4.72 Å². The highest BCUT2D eigenvalue weighted by atomic mass is 32.2. The number of hydrogen-bond donors (Lipinski definition) is 1. The van der Waals surface area contributed by atoms with Gasteiger partial charge in [0.2, 0.25) is 20.0 Å². The molecule has 0 unspecified atom stereocenters. The lowest BCUT2D eigenvalue weighted by atomic mass is 9.78. The van der Waals surface area contributed by atoms with E-state index in [1.165, 1.54) is 4.31 Å². The number of sulfonamides is 2. The van der Waals surface area contributed by atoms with Crippen LogP contribution in [0.25, 0.3) is 0 Å². The number of ether oxygens (including phenoxy) is 2. The van der Waals surface area contributed by atoms with Gasteiger partial charge in [-0.1, -0.05) is 41.5 Å². The van der Waals surface area contributed by atoms with E-state index in [1.807, 2.05) is 83.1 Å². The minimum absolute atomic E-state index is 0.0380. The predicted molar refractivity (Wildman–Crippen MR) is 166 cm³/mol. The van der Waals surface area contributed by atoms with Crippen molar-refractivity contribution >= 4 is 32.0 Å². The maximum absolute atomic E-state index is 12.0. The van der Waals surface area contributed by atoms with Crippen LogP contribution < -0.4 is 4.72 Å². The van der Waals surface area contributed by atoms with Crippen molar-refractivity contribution in [1.82, 2.24) is 9.03 Å². The number of esters is 2. The van der Waals surface area contributed by atoms with Gasteiger partial charge in [-0.3, -0.25) is 9.59 Å². The van der Waals surface area contributed by atoms with E-state index < -0.39 is 31.2 Å². The first-order chi connectivity index (χ1) is 18.0.